The molecule has 1 aromatic heterocycles. The molecule has 0 bridgehead atoms. The topological polar surface area (TPSA) is 124 Å². The number of aromatic nitrogens is 2. The number of carbonyl (C=O) groups excluding carboxylic acids is 1. The van der Waals surface area contributed by atoms with Crippen LogP contribution in [0, 0.1) is 0 Å². The van der Waals surface area contributed by atoms with E-state index in [0.29, 0.717) is 18.8 Å². The van der Waals surface area contributed by atoms with Crippen LogP contribution in [-0.4, -0.2) is 28.5 Å². The minimum atomic E-state index is -0.157. The van der Waals surface area contributed by atoms with Crippen molar-refractivity contribution in [1.29, 1.82) is 0 Å². The monoisotopic (exact) mass is 208 g/mol. The van der Waals surface area contributed by atoms with Gasteiger partial charge in [0.15, 0.2) is 0 Å². The Labute approximate surface area is 86.3 Å². The molecular weight excluding hydrogens is 196 g/mol. The number of hydrogen-bond donors (Lipinski definition) is 3. The van der Waals surface area contributed by atoms with E-state index in [4.69, 9.17) is 17.2 Å². The maximum absolute atomic E-state index is 11.5. The van der Waals surface area contributed by atoms with Crippen LogP contribution in [0.25, 0.3) is 0 Å². The highest BCUT2D eigenvalue weighted by molar-refractivity contribution is 5.95. The predicted octanol–water partition coefficient (Wildman–Crippen LogP) is -1.29. The smallest absolute Gasteiger partial charge is 0.229 e. The zero-order valence-corrected chi connectivity index (χ0v) is 8.05. The Morgan fingerprint density at radius 2 is 2.13 bits per heavy atom. The van der Waals surface area contributed by atoms with Gasteiger partial charge in [0.25, 0.3) is 0 Å². The number of amides is 1. The zero-order chi connectivity index (χ0) is 11.0. The van der Waals surface area contributed by atoms with Gasteiger partial charge in [-0.1, -0.05) is 0 Å². The van der Waals surface area contributed by atoms with Gasteiger partial charge in [-0.05, 0) is 0 Å². The summed E-state index contributed by atoms with van der Waals surface area (Å²) in [6, 6.07) is 1.35. The van der Waals surface area contributed by atoms with Crippen LogP contribution in [-0.2, 0) is 4.79 Å². The summed E-state index contributed by atoms with van der Waals surface area (Å²) in [6.07, 6.45) is 0.323. The summed E-state index contributed by atoms with van der Waals surface area (Å²) >= 11 is 0. The molecule has 1 atom stereocenters. The fourth-order valence-electron chi connectivity index (χ4n) is 1.57. The molecule has 7 nitrogen and oxygen atoms in total. The maximum Gasteiger partial charge on any atom is 0.229 e. The summed E-state index contributed by atoms with van der Waals surface area (Å²) in [5.74, 6) is 0.641. The SMILES string of the molecule is Nc1cc(N2CC(N)CC2=O)nc(N)n1. The van der Waals surface area contributed by atoms with Gasteiger partial charge in [0.1, 0.15) is 11.6 Å². The van der Waals surface area contributed by atoms with E-state index in [1.165, 1.54) is 11.0 Å². The highest BCUT2D eigenvalue weighted by Gasteiger charge is 2.29. The molecule has 1 aromatic rings. The largest absolute Gasteiger partial charge is 0.383 e. The van der Waals surface area contributed by atoms with E-state index >= 15 is 0 Å². The molecule has 2 heterocycles. The fourth-order valence-corrected chi connectivity index (χ4v) is 1.57. The summed E-state index contributed by atoms with van der Waals surface area (Å²) in [6.45, 7) is 0.439. The van der Waals surface area contributed by atoms with E-state index in [-0.39, 0.29) is 23.7 Å². The number of nitrogen functional groups attached to an aromatic ring is 2. The molecule has 0 saturated carbocycles. The fraction of sp³-hybridized carbons (Fsp3) is 0.375. The molecule has 2 rings (SSSR count). The number of anilines is 3. The molecule has 1 aliphatic heterocycles. The van der Waals surface area contributed by atoms with Crippen molar-refractivity contribution in [3.05, 3.63) is 6.07 Å². The molecule has 0 radical (unpaired) electrons. The normalized spacial score (nSPS) is 21.0. The summed E-state index contributed by atoms with van der Waals surface area (Å²) in [7, 11) is 0. The Balaban J connectivity index is 2.33. The highest BCUT2D eigenvalue weighted by atomic mass is 16.2. The van der Waals surface area contributed by atoms with E-state index < -0.39 is 0 Å². The number of nitrogens with zero attached hydrogens (tertiary/aromatic N) is 3. The van der Waals surface area contributed by atoms with Crippen molar-refractivity contribution in [1.82, 2.24) is 9.97 Å². The molecule has 1 fully saturated rings. The van der Waals surface area contributed by atoms with Crippen molar-refractivity contribution in [2.45, 2.75) is 12.5 Å². The van der Waals surface area contributed by atoms with Crippen molar-refractivity contribution in [2.75, 3.05) is 22.9 Å². The number of carbonyl (C=O) groups is 1. The molecule has 6 N–H and O–H groups in total. The first kappa shape index (κ1) is 9.66. The average molecular weight is 208 g/mol. The molecule has 1 saturated heterocycles. The second kappa shape index (κ2) is 3.35. The summed E-state index contributed by atoms with van der Waals surface area (Å²) < 4.78 is 0. The molecule has 1 amide bonds. The van der Waals surface area contributed by atoms with Crippen LogP contribution >= 0.6 is 0 Å². The molecule has 1 aliphatic rings. The van der Waals surface area contributed by atoms with Crippen LogP contribution < -0.4 is 22.1 Å². The van der Waals surface area contributed by atoms with Crippen LogP contribution in [0.15, 0.2) is 6.07 Å². The lowest BCUT2D eigenvalue weighted by atomic mass is 10.3. The second-order valence-electron chi connectivity index (χ2n) is 3.48. The Bertz CT molecular complexity index is 386. The lowest BCUT2D eigenvalue weighted by Gasteiger charge is -2.15. The van der Waals surface area contributed by atoms with E-state index in [2.05, 4.69) is 9.97 Å². The first-order valence-electron chi connectivity index (χ1n) is 4.52. The van der Waals surface area contributed by atoms with Crippen molar-refractivity contribution in [2.24, 2.45) is 5.73 Å². The molecular formula is C8H12N6O. The molecule has 80 valence electrons. The molecule has 0 aliphatic carbocycles. The lowest BCUT2D eigenvalue weighted by molar-refractivity contribution is -0.117. The van der Waals surface area contributed by atoms with Gasteiger partial charge in [0.2, 0.25) is 11.9 Å². The van der Waals surface area contributed by atoms with Crippen LogP contribution in [0.5, 0.6) is 0 Å². The molecule has 0 aromatic carbocycles. The van der Waals surface area contributed by atoms with E-state index in [9.17, 15) is 4.79 Å². The minimum Gasteiger partial charge on any atom is -0.383 e. The molecule has 0 spiro atoms. The standard InChI is InChI=1S/C8H12N6O/c9-4-1-7(15)14(3-4)6-2-5(10)12-8(11)13-6/h2,4H,1,3,9H2,(H4,10,11,12,13). The van der Waals surface area contributed by atoms with Gasteiger partial charge in [-0.2, -0.15) is 9.97 Å². The van der Waals surface area contributed by atoms with Gasteiger partial charge in [0, 0.05) is 25.1 Å². The molecule has 7 heteroatoms. The number of rotatable bonds is 1. The first-order chi connectivity index (χ1) is 7.06. The van der Waals surface area contributed by atoms with Gasteiger partial charge in [-0.15, -0.1) is 0 Å². The Kier molecular flexibility index (Phi) is 2.16. The minimum absolute atomic E-state index is 0.0540. The zero-order valence-electron chi connectivity index (χ0n) is 8.05. The van der Waals surface area contributed by atoms with E-state index in [0.717, 1.165) is 0 Å². The molecule has 15 heavy (non-hydrogen) atoms. The summed E-state index contributed by atoms with van der Waals surface area (Å²) in [5.41, 5.74) is 16.6. The summed E-state index contributed by atoms with van der Waals surface area (Å²) in [5, 5.41) is 0. The van der Waals surface area contributed by atoms with Crippen LogP contribution in [0.1, 0.15) is 6.42 Å². The number of hydrogen-bond acceptors (Lipinski definition) is 6. The van der Waals surface area contributed by atoms with Crippen LogP contribution in [0.3, 0.4) is 0 Å². The highest BCUT2D eigenvalue weighted by Crippen LogP contribution is 2.20. The quantitative estimate of drug-likeness (QED) is 0.527. The second-order valence-corrected chi connectivity index (χ2v) is 3.48. The van der Waals surface area contributed by atoms with Gasteiger partial charge in [-0.25, -0.2) is 0 Å². The predicted molar refractivity (Wildman–Crippen MR) is 55.8 cm³/mol. The van der Waals surface area contributed by atoms with E-state index in [1.54, 1.807) is 0 Å². The Morgan fingerprint density at radius 3 is 2.67 bits per heavy atom. The third-order valence-electron chi connectivity index (χ3n) is 2.18. The Morgan fingerprint density at radius 1 is 1.40 bits per heavy atom. The van der Waals surface area contributed by atoms with Gasteiger partial charge < -0.3 is 17.2 Å². The number of nitrogens with two attached hydrogens (primary N) is 3. The van der Waals surface area contributed by atoms with Crippen LogP contribution in [0.2, 0.25) is 0 Å². The summed E-state index contributed by atoms with van der Waals surface area (Å²) in [4.78, 5) is 20.6. The van der Waals surface area contributed by atoms with Gasteiger partial charge in [0.05, 0.1) is 0 Å². The van der Waals surface area contributed by atoms with Gasteiger partial charge >= 0.3 is 0 Å². The third kappa shape index (κ3) is 1.82. The van der Waals surface area contributed by atoms with Crippen molar-refractivity contribution < 1.29 is 4.79 Å². The van der Waals surface area contributed by atoms with Crippen molar-refractivity contribution in [3.63, 3.8) is 0 Å². The average Bonchev–Trinajstić information content (AvgIpc) is 2.43. The van der Waals surface area contributed by atoms with Crippen molar-refractivity contribution >= 4 is 23.5 Å². The Hall–Kier alpha value is -1.89. The maximum atomic E-state index is 11.5. The third-order valence-corrected chi connectivity index (χ3v) is 2.18. The van der Waals surface area contributed by atoms with Crippen LogP contribution in [0.4, 0.5) is 17.6 Å². The first-order valence-corrected chi connectivity index (χ1v) is 4.52. The van der Waals surface area contributed by atoms with E-state index in [1.807, 2.05) is 0 Å². The van der Waals surface area contributed by atoms with Gasteiger partial charge in [-0.3, -0.25) is 9.69 Å². The molecule has 1 unspecified atom stereocenters. The van der Waals surface area contributed by atoms with Crippen molar-refractivity contribution in [3.8, 4) is 0 Å². The lowest BCUT2D eigenvalue weighted by Crippen LogP contribution is -2.29.